The molecule has 0 spiro atoms. The molecule has 2 amide bonds. The first-order valence-corrected chi connectivity index (χ1v) is 8.47. The van der Waals surface area contributed by atoms with E-state index in [9.17, 15) is 14.3 Å². The van der Waals surface area contributed by atoms with Gasteiger partial charge >= 0.3 is 6.03 Å². The minimum atomic E-state index is -0.955. The second-order valence-electron chi connectivity index (χ2n) is 6.21. The molecule has 2 rings (SSSR count). The van der Waals surface area contributed by atoms with E-state index < -0.39 is 5.60 Å². The molecule has 0 radical (unpaired) electrons. The molecule has 0 saturated heterocycles. The summed E-state index contributed by atoms with van der Waals surface area (Å²) < 4.78 is 13.4. The third-order valence-corrected chi connectivity index (χ3v) is 5.29. The molecule has 0 saturated carbocycles. The van der Waals surface area contributed by atoms with Crippen molar-refractivity contribution in [3.63, 3.8) is 0 Å². The monoisotopic (exact) mass is 326 g/mol. The molecule has 0 aromatic heterocycles. The van der Waals surface area contributed by atoms with Crippen LogP contribution >= 0.6 is 11.8 Å². The van der Waals surface area contributed by atoms with Gasteiger partial charge in [0, 0.05) is 17.2 Å². The van der Waals surface area contributed by atoms with Gasteiger partial charge in [-0.1, -0.05) is 13.8 Å². The summed E-state index contributed by atoms with van der Waals surface area (Å²) in [6, 6.07) is 4.14. The Balaban J connectivity index is 1.98. The molecule has 3 N–H and O–H groups in total. The summed E-state index contributed by atoms with van der Waals surface area (Å²) in [6.45, 7) is 5.67. The van der Waals surface area contributed by atoms with Crippen LogP contribution in [-0.4, -0.2) is 29.0 Å². The standard InChI is InChI=1S/C16H23FN2O2S/c1-10(2)16(3,21)9-18-15(20)19-13-6-7-22-14-5-4-11(17)8-12(13)14/h4-5,8,10,13,21H,6-7,9H2,1-3H3,(H2,18,19,20). The predicted octanol–water partition coefficient (Wildman–Crippen LogP) is 3.07. The molecule has 0 fully saturated rings. The summed E-state index contributed by atoms with van der Waals surface area (Å²) in [4.78, 5) is 13.0. The highest BCUT2D eigenvalue weighted by molar-refractivity contribution is 7.99. The summed E-state index contributed by atoms with van der Waals surface area (Å²) >= 11 is 1.67. The van der Waals surface area contributed by atoms with Crippen molar-refractivity contribution < 1.29 is 14.3 Å². The highest BCUT2D eigenvalue weighted by atomic mass is 32.2. The Kier molecular flexibility index (Phi) is 5.34. The molecule has 0 aliphatic carbocycles. The molecule has 1 heterocycles. The number of benzene rings is 1. The first-order chi connectivity index (χ1) is 10.3. The lowest BCUT2D eigenvalue weighted by atomic mass is 9.93. The lowest BCUT2D eigenvalue weighted by Gasteiger charge is -2.29. The van der Waals surface area contributed by atoms with E-state index in [4.69, 9.17) is 0 Å². The first-order valence-electron chi connectivity index (χ1n) is 7.48. The number of carbonyl (C=O) groups excluding carboxylic acids is 1. The van der Waals surface area contributed by atoms with Crippen molar-refractivity contribution in [2.24, 2.45) is 5.92 Å². The number of fused-ring (bicyclic) bond motifs is 1. The van der Waals surface area contributed by atoms with Gasteiger partial charge in [-0.2, -0.15) is 0 Å². The van der Waals surface area contributed by atoms with E-state index in [1.807, 2.05) is 13.8 Å². The number of hydrogen-bond acceptors (Lipinski definition) is 3. The van der Waals surface area contributed by atoms with Gasteiger partial charge in [-0.15, -0.1) is 11.8 Å². The van der Waals surface area contributed by atoms with E-state index in [-0.39, 0.29) is 30.4 Å². The first kappa shape index (κ1) is 17.1. The average Bonchev–Trinajstić information content (AvgIpc) is 2.46. The molecule has 22 heavy (non-hydrogen) atoms. The van der Waals surface area contributed by atoms with Crippen LogP contribution in [0.1, 0.15) is 38.8 Å². The molecular formula is C16H23FN2O2S. The third-order valence-electron chi connectivity index (χ3n) is 4.17. The zero-order valence-corrected chi connectivity index (χ0v) is 14.0. The summed E-state index contributed by atoms with van der Waals surface area (Å²) in [7, 11) is 0. The van der Waals surface area contributed by atoms with E-state index in [0.29, 0.717) is 0 Å². The Morgan fingerprint density at radius 2 is 2.27 bits per heavy atom. The molecule has 0 bridgehead atoms. The van der Waals surface area contributed by atoms with Crippen LogP contribution in [0.2, 0.25) is 0 Å². The van der Waals surface area contributed by atoms with Gasteiger partial charge in [0.1, 0.15) is 5.82 Å². The number of carbonyl (C=O) groups is 1. The second kappa shape index (κ2) is 6.87. The minimum absolute atomic E-state index is 0.0358. The number of amides is 2. The van der Waals surface area contributed by atoms with Crippen molar-refractivity contribution >= 4 is 17.8 Å². The molecule has 1 aliphatic rings. The predicted molar refractivity (Wildman–Crippen MR) is 86.5 cm³/mol. The van der Waals surface area contributed by atoms with Gasteiger partial charge < -0.3 is 15.7 Å². The largest absolute Gasteiger partial charge is 0.388 e. The number of aliphatic hydroxyl groups is 1. The summed E-state index contributed by atoms with van der Waals surface area (Å²) in [6.07, 6.45) is 0.759. The zero-order chi connectivity index (χ0) is 16.3. The molecule has 1 aliphatic heterocycles. The molecule has 2 atom stereocenters. The van der Waals surface area contributed by atoms with Gasteiger partial charge in [0.05, 0.1) is 11.6 Å². The smallest absolute Gasteiger partial charge is 0.315 e. The van der Waals surface area contributed by atoms with Crippen molar-refractivity contribution in [2.45, 2.75) is 43.7 Å². The molecule has 122 valence electrons. The van der Waals surface area contributed by atoms with Gasteiger partial charge in [0.15, 0.2) is 0 Å². The highest BCUT2D eigenvalue weighted by Crippen LogP contribution is 2.36. The zero-order valence-electron chi connectivity index (χ0n) is 13.1. The number of nitrogens with one attached hydrogen (secondary N) is 2. The lowest BCUT2D eigenvalue weighted by Crippen LogP contribution is -2.48. The van der Waals surface area contributed by atoms with E-state index >= 15 is 0 Å². The van der Waals surface area contributed by atoms with Crippen LogP contribution in [-0.2, 0) is 0 Å². The Morgan fingerprint density at radius 1 is 1.55 bits per heavy atom. The maximum Gasteiger partial charge on any atom is 0.315 e. The molecule has 1 aromatic rings. The van der Waals surface area contributed by atoms with Crippen molar-refractivity contribution in [3.8, 4) is 0 Å². The van der Waals surface area contributed by atoms with E-state index in [2.05, 4.69) is 10.6 Å². The SMILES string of the molecule is CC(C)C(C)(O)CNC(=O)NC1CCSc2ccc(F)cc21. The van der Waals surface area contributed by atoms with Crippen LogP contribution in [0.4, 0.5) is 9.18 Å². The lowest BCUT2D eigenvalue weighted by molar-refractivity contribution is 0.0165. The number of thioether (sulfide) groups is 1. The van der Waals surface area contributed by atoms with Gasteiger partial charge in [0.25, 0.3) is 0 Å². The number of urea groups is 1. The van der Waals surface area contributed by atoms with Gasteiger partial charge in [0.2, 0.25) is 0 Å². The fourth-order valence-electron chi connectivity index (χ4n) is 2.19. The maximum atomic E-state index is 13.4. The molecule has 6 heteroatoms. The minimum Gasteiger partial charge on any atom is -0.388 e. The third kappa shape index (κ3) is 4.14. The second-order valence-corrected chi connectivity index (χ2v) is 7.35. The molecule has 2 unspecified atom stereocenters. The molecule has 1 aromatic carbocycles. The fourth-order valence-corrected chi connectivity index (χ4v) is 3.29. The fraction of sp³-hybridized carbons (Fsp3) is 0.562. The van der Waals surface area contributed by atoms with E-state index in [0.717, 1.165) is 22.6 Å². The normalized spacial score (nSPS) is 20.2. The summed E-state index contributed by atoms with van der Waals surface area (Å²) in [5.41, 5.74) is -0.133. The van der Waals surface area contributed by atoms with Crippen molar-refractivity contribution in [1.82, 2.24) is 10.6 Å². The van der Waals surface area contributed by atoms with E-state index in [1.165, 1.54) is 12.1 Å². The van der Waals surface area contributed by atoms with Crippen LogP contribution < -0.4 is 10.6 Å². The molecular weight excluding hydrogens is 303 g/mol. The van der Waals surface area contributed by atoms with Gasteiger partial charge in [-0.25, -0.2) is 9.18 Å². The average molecular weight is 326 g/mol. The van der Waals surface area contributed by atoms with Crippen molar-refractivity contribution in [2.75, 3.05) is 12.3 Å². The Morgan fingerprint density at radius 3 is 2.95 bits per heavy atom. The maximum absolute atomic E-state index is 13.4. The topological polar surface area (TPSA) is 61.4 Å². The Bertz CT molecular complexity index is 549. The van der Waals surface area contributed by atoms with Crippen LogP contribution in [0.25, 0.3) is 0 Å². The number of halogens is 1. The van der Waals surface area contributed by atoms with Crippen LogP contribution in [0.15, 0.2) is 23.1 Å². The number of rotatable bonds is 4. The summed E-state index contributed by atoms with van der Waals surface area (Å²) in [5, 5.41) is 15.7. The van der Waals surface area contributed by atoms with Gasteiger partial charge in [-0.05, 0) is 43.0 Å². The quantitative estimate of drug-likeness (QED) is 0.797. The van der Waals surface area contributed by atoms with Crippen molar-refractivity contribution in [3.05, 3.63) is 29.6 Å². The Labute approximate surface area is 134 Å². The van der Waals surface area contributed by atoms with Crippen molar-refractivity contribution in [1.29, 1.82) is 0 Å². The number of hydrogen-bond donors (Lipinski definition) is 3. The Hall–Kier alpha value is -1.27. The van der Waals surface area contributed by atoms with Crippen LogP contribution in [0, 0.1) is 11.7 Å². The van der Waals surface area contributed by atoms with E-state index in [1.54, 1.807) is 24.8 Å². The van der Waals surface area contributed by atoms with Crippen LogP contribution in [0.3, 0.4) is 0 Å². The highest BCUT2D eigenvalue weighted by Gasteiger charge is 2.27. The molecule has 4 nitrogen and oxygen atoms in total. The summed E-state index contributed by atoms with van der Waals surface area (Å²) in [5.74, 6) is 0.623. The van der Waals surface area contributed by atoms with Gasteiger partial charge in [-0.3, -0.25) is 0 Å². The van der Waals surface area contributed by atoms with Crippen LogP contribution in [0.5, 0.6) is 0 Å².